The first-order chi connectivity index (χ1) is 8.08. The zero-order chi connectivity index (χ0) is 13.0. The van der Waals surface area contributed by atoms with Gasteiger partial charge in [0.15, 0.2) is 0 Å². The predicted octanol–water partition coefficient (Wildman–Crippen LogP) is 2.56. The van der Waals surface area contributed by atoms with Gasteiger partial charge in [0.1, 0.15) is 0 Å². The first kappa shape index (κ1) is 13.0. The van der Waals surface area contributed by atoms with Crippen LogP contribution in [0.25, 0.3) is 10.9 Å². The van der Waals surface area contributed by atoms with Crippen LogP contribution in [0.4, 0.5) is 0 Å². The molecule has 4 nitrogen and oxygen atoms in total. The molecular formula is C13H15NO3. The molecule has 0 unspecified atom stereocenters. The third-order valence-electron chi connectivity index (χ3n) is 2.23. The van der Waals surface area contributed by atoms with Crippen molar-refractivity contribution in [3.63, 3.8) is 0 Å². The van der Waals surface area contributed by atoms with Gasteiger partial charge in [0.05, 0.1) is 5.56 Å². The number of hydrogen-bond acceptors (Lipinski definition) is 2. The number of rotatable bonds is 1. The summed E-state index contributed by atoms with van der Waals surface area (Å²) in [4.78, 5) is 24.7. The van der Waals surface area contributed by atoms with Crippen LogP contribution in [-0.4, -0.2) is 16.1 Å². The average molecular weight is 233 g/mol. The predicted molar refractivity (Wildman–Crippen MR) is 67.6 cm³/mol. The van der Waals surface area contributed by atoms with Gasteiger partial charge in [0.2, 0.25) is 5.56 Å². The topological polar surface area (TPSA) is 70.2 Å². The largest absolute Gasteiger partial charge is 0.478 e. The van der Waals surface area contributed by atoms with Crippen LogP contribution in [-0.2, 0) is 0 Å². The summed E-state index contributed by atoms with van der Waals surface area (Å²) < 4.78 is 0. The molecule has 2 N–H and O–H groups in total. The maximum atomic E-state index is 11.2. The van der Waals surface area contributed by atoms with E-state index >= 15 is 0 Å². The summed E-state index contributed by atoms with van der Waals surface area (Å²) in [5, 5.41) is 9.50. The van der Waals surface area contributed by atoms with E-state index in [0.717, 1.165) is 11.6 Å². The van der Waals surface area contributed by atoms with Crippen molar-refractivity contribution in [2.45, 2.75) is 20.8 Å². The number of aromatic carboxylic acids is 1. The summed E-state index contributed by atoms with van der Waals surface area (Å²) in [6, 6.07) is 6.38. The van der Waals surface area contributed by atoms with Crippen LogP contribution in [0.5, 0.6) is 0 Å². The van der Waals surface area contributed by atoms with Crippen LogP contribution in [0, 0.1) is 6.92 Å². The van der Waals surface area contributed by atoms with Gasteiger partial charge < -0.3 is 10.1 Å². The van der Waals surface area contributed by atoms with Crippen LogP contribution in [0.2, 0.25) is 0 Å². The van der Waals surface area contributed by atoms with E-state index < -0.39 is 11.5 Å². The molecule has 1 heterocycles. The van der Waals surface area contributed by atoms with Crippen molar-refractivity contribution in [1.29, 1.82) is 0 Å². The standard InChI is InChI=1S/C11H9NO3.C2H6/c1-6-2-3-9-7(4-6)8(11(14)15)5-10(13)12-9;1-2/h2-5H,1H3,(H,12,13)(H,14,15);1-2H3. The van der Waals surface area contributed by atoms with E-state index in [4.69, 9.17) is 5.11 Å². The Morgan fingerprint density at radius 3 is 2.47 bits per heavy atom. The van der Waals surface area contributed by atoms with E-state index in [0.29, 0.717) is 10.9 Å². The van der Waals surface area contributed by atoms with Crippen molar-refractivity contribution in [2.75, 3.05) is 0 Å². The number of fused-ring (bicyclic) bond motifs is 1. The lowest BCUT2D eigenvalue weighted by Crippen LogP contribution is -2.10. The Labute approximate surface area is 98.9 Å². The monoisotopic (exact) mass is 233 g/mol. The number of carbonyl (C=O) groups is 1. The lowest BCUT2D eigenvalue weighted by atomic mass is 10.1. The smallest absolute Gasteiger partial charge is 0.336 e. The fraction of sp³-hybridized carbons (Fsp3) is 0.231. The molecule has 0 radical (unpaired) electrons. The molecule has 0 atom stereocenters. The normalized spacial score (nSPS) is 9.59. The van der Waals surface area contributed by atoms with E-state index in [-0.39, 0.29) is 5.56 Å². The lowest BCUT2D eigenvalue weighted by molar-refractivity contribution is 0.0699. The molecule has 1 aromatic carbocycles. The highest BCUT2D eigenvalue weighted by atomic mass is 16.4. The van der Waals surface area contributed by atoms with Crippen molar-refractivity contribution < 1.29 is 9.90 Å². The minimum Gasteiger partial charge on any atom is -0.478 e. The molecule has 1 aromatic heterocycles. The molecule has 0 aliphatic rings. The van der Waals surface area contributed by atoms with Gasteiger partial charge in [-0.2, -0.15) is 0 Å². The summed E-state index contributed by atoms with van der Waals surface area (Å²) >= 11 is 0. The van der Waals surface area contributed by atoms with Gasteiger partial charge in [-0.1, -0.05) is 25.5 Å². The van der Waals surface area contributed by atoms with Gasteiger partial charge in [0.25, 0.3) is 0 Å². The van der Waals surface area contributed by atoms with Gasteiger partial charge in [-0.05, 0) is 19.1 Å². The third kappa shape index (κ3) is 2.72. The molecule has 4 heteroatoms. The van der Waals surface area contributed by atoms with Crippen LogP contribution < -0.4 is 5.56 Å². The maximum Gasteiger partial charge on any atom is 0.336 e. The number of aromatic amines is 1. The Hall–Kier alpha value is -2.10. The van der Waals surface area contributed by atoms with Gasteiger partial charge in [-0.3, -0.25) is 4.79 Å². The van der Waals surface area contributed by atoms with Crippen LogP contribution in [0.1, 0.15) is 29.8 Å². The number of aromatic nitrogens is 1. The maximum absolute atomic E-state index is 11.2. The minimum atomic E-state index is -1.09. The molecular weight excluding hydrogens is 218 g/mol. The van der Waals surface area contributed by atoms with Crippen LogP contribution in [0.15, 0.2) is 29.1 Å². The lowest BCUT2D eigenvalue weighted by Gasteiger charge is -2.02. The highest BCUT2D eigenvalue weighted by Crippen LogP contribution is 2.16. The second-order valence-electron chi connectivity index (χ2n) is 3.40. The molecule has 90 valence electrons. The quantitative estimate of drug-likeness (QED) is 0.795. The Balaban J connectivity index is 0.000000686. The zero-order valence-corrected chi connectivity index (χ0v) is 10.1. The summed E-state index contributed by atoms with van der Waals surface area (Å²) in [5.74, 6) is -1.09. The summed E-state index contributed by atoms with van der Waals surface area (Å²) in [6.07, 6.45) is 0. The van der Waals surface area contributed by atoms with Crippen LogP contribution in [0.3, 0.4) is 0 Å². The molecule has 0 aliphatic carbocycles. The molecule has 0 fully saturated rings. The number of benzene rings is 1. The average Bonchev–Trinajstić information content (AvgIpc) is 2.31. The second kappa shape index (κ2) is 5.30. The number of H-pyrrole nitrogens is 1. The number of nitrogens with one attached hydrogen (secondary N) is 1. The summed E-state index contributed by atoms with van der Waals surface area (Å²) in [7, 11) is 0. The van der Waals surface area contributed by atoms with E-state index in [1.807, 2.05) is 26.8 Å². The molecule has 17 heavy (non-hydrogen) atoms. The Morgan fingerprint density at radius 1 is 1.24 bits per heavy atom. The summed E-state index contributed by atoms with van der Waals surface area (Å²) in [5.41, 5.74) is 1.14. The second-order valence-corrected chi connectivity index (χ2v) is 3.40. The molecule has 0 amide bonds. The third-order valence-corrected chi connectivity index (χ3v) is 2.23. The molecule has 2 aromatic rings. The first-order valence-electron chi connectivity index (χ1n) is 5.45. The fourth-order valence-electron chi connectivity index (χ4n) is 1.54. The Kier molecular flexibility index (Phi) is 4.04. The number of pyridine rings is 1. The first-order valence-corrected chi connectivity index (χ1v) is 5.45. The number of aryl methyl sites for hydroxylation is 1. The van der Waals surface area contributed by atoms with Crippen molar-refractivity contribution in [1.82, 2.24) is 4.98 Å². The Morgan fingerprint density at radius 2 is 1.88 bits per heavy atom. The molecule has 0 saturated carbocycles. The highest BCUT2D eigenvalue weighted by molar-refractivity contribution is 6.02. The van der Waals surface area contributed by atoms with E-state index in [1.165, 1.54) is 0 Å². The van der Waals surface area contributed by atoms with Gasteiger partial charge in [-0.25, -0.2) is 4.79 Å². The van der Waals surface area contributed by atoms with Crippen molar-refractivity contribution >= 4 is 16.9 Å². The number of carboxylic acid groups (broad SMARTS) is 1. The van der Waals surface area contributed by atoms with Crippen molar-refractivity contribution in [2.24, 2.45) is 0 Å². The SMILES string of the molecule is CC.Cc1ccc2[nH]c(=O)cc(C(=O)O)c2c1. The number of carboxylic acids is 1. The summed E-state index contributed by atoms with van der Waals surface area (Å²) in [6.45, 7) is 5.87. The van der Waals surface area contributed by atoms with Crippen molar-refractivity contribution in [3.05, 3.63) is 45.7 Å². The van der Waals surface area contributed by atoms with Gasteiger partial charge in [-0.15, -0.1) is 0 Å². The molecule has 2 rings (SSSR count). The van der Waals surface area contributed by atoms with Crippen molar-refractivity contribution in [3.8, 4) is 0 Å². The molecule has 0 saturated heterocycles. The molecule has 0 spiro atoms. The number of hydrogen-bond donors (Lipinski definition) is 2. The fourth-order valence-corrected chi connectivity index (χ4v) is 1.54. The molecule has 0 bridgehead atoms. The molecule has 0 aliphatic heterocycles. The van der Waals surface area contributed by atoms with Gasteiger partial charge in [0, 0.05) is 17.0 Å². The van der Waals surface area contributed by atoms with Gasteiger partial charge >= 0.3 is 5.97 Å². The zero-order valence-electron chi connectivity index (χ0n) is 10.1. The van der Waals surface area contributed by atoms with E-state index in [2.05, 4.69) is 4.98 Å². The highest BCUT2D eigenvalue weighted by Gasteiger charge is 2.09. The van der Waals surface area contributed by atoms with E-state index in [9.17, 15) is 9.59 Å². The van der Waals surface area contributed by atoms with Crippen LogP contribution >= 0.6 is 0 Å². The minimum absolute atomic E-state index is 0.0393. The Bertz CT molecular complexity index is 599. The van der Waals surface area contributed by atoms with E-state index in [1.54, 1.807) is 12.1 Å².